The molecule has 0 amide bonds. The molecule has 30 heavy (non-hydrogen) atoms. The lowest BCUT2D eigenvalue weighted by Gasteiger charge is -2.30. The zero-order chi connectivity index (χ0) is 20.8. The summed E-state index contributed by atoms with van der Waals surface area (Å²) >= 11 is 0. The second kappa shape index (κ2) is 8.90. The van der Waals surface area contributed by atoms with E-state index in [1.807, 2.05) is 84.9 Å². The highest BCUT2D eigenvalue weighted by molar-refractivity contribution is 8.03. The van der Waals surface area contributed by atoms with Crippen LogP contribution >= 0.6 is 7.26 Å². The monoisotopic (exact) mass is 408 g/mol. The predicted molar refractivity (Wildman–Crippen MR) is 125 cm³/mol. The summed E-state index contributed by atoms with van der Waals surface area (Å²) in [6.07, 6.45) is 1.29. The number of rotatable bonds is 6. The molecule has 4 aromatic rings. The zero-order valence-electron chi connectivity index (χ0n) is 16.4. The maximum absolute atomic E-state index is 12.0. The smallest absolute Gasteiger partial charge is 0.145 e. The zero-order valence-corrected chi connectivity index (χ0v) is 17.3. The van der Waals surface area contributed by atoms with Crippen LogP contribution in [-0.4, -0.2) is 5.97 Å². The first kappa shape index (κ1) is 19.8. The number of carboxylic acids is 1. The Morgan fingerprint density at radius 2 is 0.900 bits per heavy atom. The summed E-state index contributed by atoms with van der Waals surface area (Å²) in [7, 11) is -2.50. The lowest BCUT2D eigenvalue weighted by Crippen LogP contribution is -2.33. The number of benzene rings is 4. The first-order chi connectivity index (χ1) is 14.7. The standard InChI is InChI=1S/C27H21O2P/c28-27(29)21-26(22-13-5-1-6-14-22)30(23-15-7-2-8-16-23,24-17-9-3-10-18-24)25-19-11-4-12-20-25/h1-21H/b26-21-. The van der Waals surface area contributed by atoms with E-state index in [0.29, 0.717) is 0 Å². The normalized spacial score (nSPS) is 11.8. The molecule has 0 fully saturated rings. The van der Waals surface area contributed by atoms with Crippen LogP contribution in [0.5, 0.6) is 0 Å². The average Bonchev–Trinajstić information content (AvgIpc) is 2.81. The molecule has 0 saturated carbocycles. The van der Waals surface area contributed by atoms with Crippen LogP contribution < -0.4 is 21.0 Å². The van der Waals surface area contributed by atoms with Crippen LogP contribution in [0.1, 0.15) is 5.56 Å². The summed E-state index contributed by atoms with van der Waals surface area (Å²) in [5.74, 6) is -1.19. The Morgan fingerprint density at radius 3 is 1.23 bits per heavy atom. The maximum atomic E-state index is 12.0. The fourth-order valence-electron chi connectivity index (χ4n) is 3.91. The summed E-state index contributed by atoms with van der Waals surface area (Å²) in [4.78, 5) is 12.0. The van der Waals surface area contributed by atoms with Crippen molar-refractivity contribution in [3.63, 3.8) is 0 Å². The van der Waals surface area contributed by atoms with Crippen LogP contribution in [0.15, 0.2) is 127 Å². The highest BCUT2D eigenvalue weighted by Crippen LogP contribution is 2.66. The van der Waals surface area contributed by atoms with Gasteiger partial charge in [0.1, 0.15) is 28.5 Å². The fourth-order valence-corrected chi connectivity index (χ4v) is 8.34. The second-order valence-electron chi connectivity index (χ2n) is 6.89. The van der Waals surface area contributed by atoms with Gasteiger partial charge >= 0.3 is 0 Å². The molecule has 0 aliphatic heterocycles. The van der Waals surface area contributed by atoms with E-state index in [1.54, 1.807) is 0 Å². The summed E-state index contributed by atoms with van der Waals surface area (Å²) in [5, 5.41) is 16.0. The maximum Gasteiger partial charge on any atom is 0.145 e. The molecule has 4 rings (SSSR count). The topological polar surface area (TPSA) is 40.1 Å². The Kier molecular flexibility index (Phi) is 5.88. The molecule has 2 nitrogen and oxygen atoms in total. The van der Waals surface area contributed by atoms with Gasteiger partial charge in [-0.3, -0.25) is 0 Å². The van der Waals surface area contributed by atoms with Gasteiger partial charge in [-0.05, 0) is 36.4 Å². The van der Waals surface area contributed by atoms with Crippen molar-refractivity contribution in [2.24, 2.45) is 0 Å². The van der Waals surface area contributed by atoms with Crippen molar-refractivity contribution in [3.05, 3.63) is 133 Å². The van der Waals surface area contributed by atoms with Gasteiger partial charge in [0.15, 0.2) is 0 Å². The molecule has 0 saturated heterocycles. The third-order valence-corrected chi connectivity index (χ3v) is 9.44. The Balaban J connectivity index is 2.18. The van der Waals surface area contributed by atoms with Crippen molar-refractivity contribution in [2.75, 3.05) is 0 Å². The van der Waals surface area contributed by atoms with Crippen molar-refractivity contribution >= 4 is 34.5 Å². The minimum absolute atomic E-state index is 0.770. The molecule has 0 bridgehead atoms. The number of hydrogen-bond acceptors (Lipinski definition) is 2. The van der Waals surface area contributed by atoms with Gasteiger partial charge in [0.25, 0.3) is 0 Å². The van der Waals surface area contributed by atoms with Crippen LogP contribution in [-0.2, 0) is 4.79 Å². The average molecular weight is 408 g/mol. The van der Waals surface area contributed by atoms with Gasteiger partial charge in [-0.2, -0.15) is 0 Å². The molecule has 0 aliphatic rings. The van der Waals surface area contributed by atoms with Gasteiger partial charge in [0, 0.05) is 11.6 Å². The van der Waals surface area contributed by atoms with Crippen LogP contribution in [0.2, 0.25) is 0 Å². The van der Waals surface area contributed by atoms with Crippen molar-refractivity contribution in [2.45, 2.75) is 0 Å². The highest BCUT2D eigenvalue weighted by atomic mass is 31.2. The predicted octanol–water partition coefficient (Wildman–Crippen LogP) is 3.77. The van der Waals surface area contributed by atoms with Crippen molar-refractivity contribution in [1.82, 2.24) is 0 Å². The number of aliphatic carboxylic acids is 1. The van der Waals surface area contributed by atoms with Gasteiger partial charge in [-0.1, -0.05) is 84.9 Å². The highest BCUT2D eigenvalue weighted by Gasteiger charge is 2.49. The van der Waals surface area contributed by atoms with Gasteiger partial charge in [-0.15, -0.1) is 0 Å². The lowest BCUT2D eigenvalue weighted by atomic mass is 10.2. The van der Waals surface area contributed by atoms with E-state index in [-0.39, 0.29) is 0 Å². The molecule has 0 heterocycles. The molecule has 3 heteroatoms. The summed E-state index contributed by atoms with van der Waals surface area (Å²) in [5.41, 5.74) is 0.881. The van der Waals surface area contributed by atoms with Crippen LogP contribution in [0.25, 0.3) is 5.31 Å². The van der Waals surface area contributed by atoms with Crippen molar-refractivity contribution < 1.29 is 9.90 Å². The van der Waals surface area contributed by atoms with Crippen molar-refractivity contribution in [1.29, 1.82) is 0 Å². The number of hydrogen-bond donors (Lipinski definition) is 0. The van der Waals surface area contributed by atoms with Gasteiger partial charge in [0.2, 0.25) is 0 Å². The molecule has 0 aliphatic carbocycles. The SMILES string of the molecule is O=C([O-])/C=C(/c1ccccc1)[P+](c1ccccc1)(c1ccccc1)c1ccccc1. The Morgan fingerprint density at radius 1 is 0.567 bits per heavy atom. The van der Waals surface area contributed by atoms with E-state index in [9.17, 15) is 9.90 Å². The molecular weight excluding hydrogens is 387 g/mol. The van der Waals surface area contributed by atoms with E-state index in [0.717, 1.165) is 26.8 Å². The van der Waals surface area contributed by atoms with E-state index in [1.165, 1.54) is 6.08 Å². The Hall–Kier alpha value is -3.48. The van der Waals surface area contributed by atoms with Gasteiger partial charge in [-0.25, -0.2) is 0 Å². The minimum Gasteiger partial charge on any atom is -0.545 e. The lowest BCUT2D eigenvalue weighted by molar-refractivity contribution is -0.297. The molecule has 0 unspecified atom stereocenters. The third-order valence-electron chi connectivity index (χ3n) is 5.12. The molecule has 146 valence electrons. The van der Waals surface area contributed by atoms with Crippen LogP contribution in [0.4, 0.5) is 0 Å². The summed E-state index contributed by atoms with van der Waals surface area (Å²) in [6.45, 7) is 0. The minimum atomic E-state index is -2.50. The molecule has 0 radical (unpaired) electrons. The number of carboxylic acid groups (broad SMARTS) is 1. The summed E-state index contributed by atoms with van der Waals surface area (Å²) in [6, 6.07) is 40.4. The van der Waals surface area contributed by atoms with E-state index in [4.69, 9.17) is 0 Å². The first-order valence-corrected chi connectivity index (χ1v) is 11.6. The molecular formula is C27H21O2P. The quantitative estimate of drug-likeness (QED) is 0.360. The second-order valence-corrected chi connectivity index (χ2v) is 10.3. The van der Waals surface area contributed by atoms with Gasteiger partial charge in [0.05, 0.1) is 5.97 Å². The Labute approximate surface area is 177 Å². The molecule has 4 aromatic carbocycles. The third kappa shape index (κ3) is 3.70. The molecule has 0 atom stereocenters. The number of carbonyl (C=O) groups is 1. The van der Waals surface area contributed by atoms with Crippen molar-refractivity contribution in [3.8, 4) is 0 Å². The largest absolute Gasteiger partial charge is 0.545 e. The first-order valence-electron chi connectivity index (χ1n) is 9.77. The van der Waals surface area contributed by atoms with E-state index < -0.39 is 13.2 Å². The number of carbonyl (C=O) groups excluding carboxylic acids is 1. The molecule has 0 spiro atoms. The van der Waals surface area contributed by atoms with E-state index >= 15 is 0 Å². The summed E-state index contributed by atoms with van der Waals surface area (Å²) < 4.78 is 0. The molecule has 0 aromatic heterocycles. The van der Waals surface area contributed by atoms with E-state index in [2.05, 4.69) is 36.4 Å². The van der Waals surface area contributed by atoms with Crippen LogP contribution in [0, 0.1) is 0 Å². The Bertz CT molecular complexity index is 1040. The van der Waals surface area contributed by atoms with Gasteiger partial charge < -0.3 is 9.90 Å². The fraction of sp³-hybridized carbons (Fsp3) is 0. The molecule has 0 N–H and O–H groups in total. The van der Waals surface area contributed by atoms with Crippen LogP contribution in [0.3, 0.4) is 0 Å².